The van der Waals surface area contributed by atoms with Crippen molar-refractivity contribution < 1.29 is 23.9 Å². The first-order valence-corrected chi connectivity index (χ1v) is 8.51. The molecule has 0 aromatic carbocycles. The molecule has 2 heterocycles. The summed E-state index contributed by atoms with van der Waals surface area (Å²) in [7, 11) is 0. The maximum atomic E-state index is 12.7. The van der Waals surface area contributed by atoms with Gasteiger partial charge in [-0.3, -0.25) is 19.3 Å². The Bertz CT molecular complexity index is 600. The first kappa shape index (κ1) is 22.0. The van der Waals surface area contributed by atoms with Crippen LogP contribution in [0.1, 0.15) is 30.8 Å². The van der Waals surface area contributed by atoms with Crippen LogP contribution in [-0.2, 0) is 9.59 Å². The summed E-state index contributed by atoms with van der Waals surface area (Å²) in [4.78, 5) is 40.9. The van der Waals surface area contributed by atoms with Gasteiger partial charge in [-0.2, -0.15) is 0 Å². The lowest BCUT2D eigenvalue weighted by molar-refractivity contribution is -0.142. The summed E-state index contributed by atoms with van der Waals surface area (Å²) < 4.78 is 5.12. The van der Waals surface area contributed by atoms with E-state index in [-0.39, 0.29) is 30.8 Å². The summed E-state index contributed by atoms with van der Waals surface area (Å²) in [6, 6.07) is 2.79. The van der Waals surface area contributed by atoms with Gasteiger partial charge in [0.05, 0.1) is 18.8 Å². The fourth-order valence-corrected chi connectivity index (χ4v) is 2.98. The molecule has 1 aromatic rings. The van der Waals surface area contributed by atoms with Crippen LogP contribution in [0, 0.1) is 0 Å². The van der Waals surface area contributed by atoms with Crippen LogP contribution in [0.4, 0.5) is 0 Å². The molecule has 8 nitrogen and oxygen atoms in total. The fraction of sp³-hybridized carbons (Fsp3) is 0.588. The van der Waals surface area contributed by atoms with E-state index in [1.807, 2.05) is 6.92 Å². The molecule has 2 amide bonds. The minimum atomic E-state index is -0.943. The number of nitrogens with zero attached hydrogens (tertiary/aromatic N) is 3. The van der Waals surface area contributed by atoms with E-state index >= 15 is 0 Å². The predicted molar refractivity (Wildman–Crippen MR) is 97.4 cm³/mol. The average molecular weight is 388 g/mol. The highest BCUT2D eigenvalue weighted by atomic mass is 35.5. The van der Waals surface area contributed by atoms with E-state index in [9.17, 15) is 14.4 Å². The van der Waals surface area contributed by atoms with Gasteiger partial charge < -0.3 is 19.3 Å². The highest BCUT2D eigenvalue weighted by Crippen LogP contribution is 2.12. The Kier molecular flexibility index (Phi) is 8.60. The van der Waals surface area contributed by atoms with Crippen molar-refractivity contribution in [1.29, 1.82) is 0 Å². The first-order chi connectivity index (χ1) is 11.9. The minimum absolute atomic E-state index is 0. The van der Waals surface area contributed by atoms with Crippen molar-refractivity contribution in [3.63, 3.8) is 0 Å². The molecule has 9 heteroatoms. The Labute approximate surface area is 159 Å². The lowest BCUT2D eigenvalue weighted by atomic mass is 10.2. The number of carboxylic acids is 1. The van der Waals surface area contributed by atoms with Gasteiger partial charge in [0, 0.05) is 26.2 Å². The van der Waals surface area contributed by atoms with Crippen molar-refractivity contribution in [2.75, 3.05) is 39.3 Å². The van der Waals surface area contributed by atoms with Gasteiger partial charge in [-0.1, -0.05) is 6.92 Å². The van der Waals surface area contributed by atoms with Crippen LogP contribution in [-0.4, -0.2) is 82.9 Å². The summed E-state index contributed by atoms with van der Waals surface area (Å²) in [5.74, 6) is -0.922. The van der Waals surface area contributed by atoms with Crippen molar-refractivity contribution in [2.45, 2.75) is 26.3 Å². The molecule has 1 aliphatic rings. The predicted octanol–water partition coefficient (Wildman–Crippen LogP) is 1.17. The van der Waals surface area contributed by atoms with E-state index in [2.05, 4.69) is 0 Å². The minimum Gasteiger partial charge on any atom is -0.480 e. The molecule has 0 radical (unpaired) electrons. The Hall–Kier alpha value is -2.06. The van der Waals surface area contributed by atoms with Gasteiger partial charge in [-0.15, -0.1) is 12.4 Å². The third-order valence-corrected chi connectivity index (χ3v) is 4.36. The summed E-state index contributed by atoms with van der Waals surface area (Å²) in [5.41, 5.74) is 0. The quantitative estimate of drug-likeness (QED) is 0.754. The standard InChI is InChI=1S/C17H25N3O5.ClH/c1-3-6-20(12-15(21)22)13(2)16(23)18-7-9-19(10-8-18)17(24)14-5-4-11-25-14;/h4-5,11,13H,3,6-10,12H2,1-2H3,(H,21,22);1H. The number of amides is 2. The zero-order valence-corrected chi connectivity index (χ0v) is 15.9. The second-order valence-corrected chi connectivity index (χ2v) is 6.13. The van der Waals surface area contributed by atoms with Crippen LogP contribution in [0.15, 0.2) is 22.8 Å². The Morgan fingerprint density at radius 1 is 1.23 bits per heavy atom. The molecule has 0 saturated carbocycles. The van der Waals surface area contributed by atoms with Gasteiger partial charge in [0.1, 0.15) is 0 Å². The van der Waals surface area contributed by atoms with Gasteiger partial charge in [0.15, 0.2) is 5.76 Å². The van der Waals surface area contributed by atoms with Gasteiger partial charge in [-0.05, 0) is 32.0 Å². The fourth-order valence-electron chi connectivity index (χ4n) is 2.98. The second-order valence-electron chi connectivity index (χ2n) is 6.13. The number of hydrogen-bond acceptors (Lipinski definition) is 5. The van der Waals surface area contributed by atoms with Gasteiger partial charge in [0.2, 0.25) is 5.91 Å². The third-order valence-electron chi connectivity index (χ3n) is 4.36. The van der Waals surface area contributed by atoms with E-state index in [0.29, 0.717) is 38.5 Å². The Morgan fingerprint density at radius 3 is 2.35 bits per heavy atom. The summed E-state index contributed by atoms with van der Waals surface area (Å²) in [6.07, 6.45) is 2.23. The lowest BCUT2D eigenvalue weighted by Gasteiger charge is -2.37. The van der Waals surface area contributed by atoms with Crippen molar-refractivity contribution in [3.8, 4) is 0 Å². The van der Waals surface area contributed by atoms with Crippen LogP contribution >= 0.6 is 12.4 Å². The van der Waals surface area contributed by atoms with Crippen LogP contribution in [0.25, 0.3) is 0 Å². The molecule has 1 N–H and O–H groups in total. The van der Waals surface area contributed by atoms with Crippen LogP contribution in [0.5, 0.6) is 0 Å². The zero-order chi connectivity index (χ0) is 18.4. The van der Waals surface area contributed by atoms with E-state index in [4.69, 9.17) is 9.52 Å². The van der Waals surface area contributed by atoms with E-state index in [1.54, 1.807) is 33.8 Å². The maximum absolute atomic E-state index is 12.7. The van der Waals surface area contributed by atoms with Gasteiger partial charge >= 0.3 is 5.97 Å². The second kappa shape index (κ2) is 10.2. The zero-order valence-electron chi connectivity index (χ0n) is 15.1. The number of rotatable bonds is 7. The number of piperazine rings is 1. The number of halogens is 1. The maximum Gasteiger partial charge on any atom is 0.317 e. The molecule has 0 spiro atoms. The Balaban J connectivity index is 0.00000338. The van der Waals surface area contributed by atoms with E-state index in [0.717, 1.165) is 6.42 Å². The largest absolute Gasteiger partial charge is 0.480 e. The lowest BCUT2D eigenvalue weighted by Crippen LogP contribution is -2.55. The number of carboxylic acid groups (broad SMARTS) is 1. The molecule has 26 heavy (non-hydrogen) atoms. The smallest absolute Gasteiger partial charge is 0.317 e. The van der Waals surface area contributed by atoms with Crippen LogP contribution in [0.3, 0.4) is 0 Å². The molecule has 0 aliphatic carbocycles. The van der Waals surface area contributed by atoms with Gasteiger partial charge in [0.25, 0.3) is 5.91 Å². The number of hydrogen-bond donors (Lipinski definition) is 1. The molecule has 0 bridgehead atoms. The summed E-state index contributed by atoms with van der Waals surface area (Å²) in [5, 5.41) is 9.02. The normalized spacial score (nSPS) is 15.5. The molecule has 1 fully saturated rings. The monoisotopic (exact) mass is 387 g/mol. The molecule has 1 unspecified atom stereocenters. The van der Waals surface area contributed by atoms with Crippen molar-refractivity contribution >= 4 is 30.2 Å². The van der Waals surface area contributed by atoms with Crippen molar-refractivity contribution in [1.82, 2.24) is 14.7 Å². The number of carbonyl (C=O) groups is 3. The first-order valence-electron chi connectivity index (χ1n) is 8.51. The van der Waals surface area contributed by atoms with E-state index in [1.165, 1.54) is 6.26 Å². The van der Waals surface area contributed by atoms with Crippen molar-refractivity contribution in [2.24, 2.45) is 0 Å². The summed E-state index contributed by atoms with van der Waals surface area (Å²) >= 11 is 0. The molecule has 146 valence electrons. The third kappa shape index (κ3) is 5.47. The molecule has 1 aliphatic heterocycles. The van der Waals surface area contributed by atoms with Gasteiger partial charge in [-0.25, -0.2) is 0 Å². The van der Waals surface area contributed by atoms with E-state index < -0.39 is 12.0 Å². The molecular formula is C17H26ClN3O5. The van der Waals surface area contributed by atoms with Crippen molar-refractivity contribution in [3.05, 3.63) is 24.2 Å². The average Bonchev–Trinajstić information content (AvgIpc) is 3.14. The van der Waals surface area contributed by atoms with Crippen LogP contribution in [0.2, 0.25) is 0 Å². The summed E-state index contributed by atoms with van der Waals surface area (Å²) in [6.45, 7) is 5.82. The molecule has 2 rings (SSSR count). The number of furan rings is 1. The molecule has 1 saturated heterocycles. The molecule has 1 aromatic heterocycles. The Morgan fingerprint density at radius 2 is 1.85 bits per heavy atom. The molecular weight excluding hydrogens is 362 g/mol. The highest BCUT2D eigenvalue weighted by Gasteiger charge is 2.31. The SMILES string of the molecule is CCCN(CC(=O)O)C(C)C(=O)N1CCN(C(=O)c2ccco2)CC1.Cl. The topological polar surface area (TPSA) is 94.3 Å². The number of aliphatic carboxylic acids is 1. The highest BCUT2D eigenvalue weighted by molar-refractivity contribution is 5.91. The van der Waals surface area contributed by atoms with Crippen LogP contribution < -0.4 is 0 Å². The number of carbonyl (C=O) groups excluding carboxylic acids is 2. The molecule has 1 atom stereocenters.